The van der Waals surface area contributed by atoms with Crippen molar-refractivity contribution in [1.82, 2.24) is 24.9 Å². The van der Waals surface area contributed by atoms with Crippen LogP contribution in [0.4, 0.5) is 0 Å². The number of carbonyl (C=O) groups excluding carboxylic acids is 1. The Morgan fingerprint density at radius 3 is 2.63 bits per heavy atom. The summed E-state index contributed by atoms with van der Waals surface area (Å²) < 4.78 is 9.29. The number of benzene rings is 1. The molecule has 0 aliphatic heterocycles. The summed E-state index contributed by atoms with van der Waals surface area (Å²) in [7, 11) is 0. The summed E-state index contributed by atoms with van der Waals surface area (Å²) in [5, 5.41) is 11.4. The lowest BCUT2D eigenvalue weighted by molar-refractivity contribution is 0.0945. The molecule has 2 heterocycles. The first kappa shape index (κ1) is 18.7. The van der Waals surface area contributed by atoms with Crippen LogP contribution in [-0.2, 0) is 13.3 Å². The minimum Gasteiger partial charge on any atom is -0.471 e. The molecule has 0 fully saturated rings. The highest BCUT2D eigenvalue weighted by molar-refractivity contribution is 5.92. The van der Waals surface area contributed by atoms with Gasteiger partial charge >= 0.3 is 0 Å². The zero-order valence-corrected chi connectivity index (χ0v) is 16.0. The lowest BCUT2D eigenvalue weighted by Gasteiger charge is -2.08. The van der Waals surface area contributed by atoms with E-state index in [1.807, 2.05) is 43.7 Å². The van der Waals surface area contributed by atoms with E-state index in [4.69, 9.17) is 4.74 Å². The monoisotopic (exact) mass is 367 g/mol. The predicted octanol–water partition coefficient (Wildman–Crippen LogP) is 2.86. The quantitative estimate of drug-likeness (QED) is 0.621. The van der Waals surface area contributed by atoms with E-state index in [1.165, 1.54) is 0 Å². The highest BCUT2D eigenvalue weighted by Gasteiger charge is 2.09. The van der Waals surface area contributed by atoms with E-state index in [1.54, 1.807) is 23.1 Å². The minimum atomic E-state index is -0.183. The van der Waals surface area contributed by atoms with E-state index in [9.17, 15) is 4.79 Å². The topological polar surface area (TPSA) is 74.0 Å². The molecule has 0 aliphatic rings. The lowest BCUT2D eigenvalue weighted by Crippen LogP contribution is -2.26. The summed E-state index contributed by atoms with van der Waals surface area (Å²) in [5.41, 5.74) is 3.80. The van der Waals surface area contributed by atoms with Crippen LogP contribution in [-0.4, -0.2) is 32.0 Å². The van der Waals surface area contributed by atoms with E-state index in [2.05, 4.69) is 21.6 Å². The van der Waals surface area contributed by atoms with Crippen molar-refractivity contribution in [3.05, 3.63) is 65.2 Å². The Labute approximate surface area is 159 Å². The van der Waals surface area contributed by atoms with Gasteiger partial charge in [0.25, 0.3) is 5.91 Å². The summed E-state index contributed by atoms with van der Waals surface area (Å²) in [6, 6.07) is 9.71. The standard InChI is InChI=1S/C20H25N5O2/c1-15-11-16(2)13-18(12-15)27-14-24-10-6-19(23-24)20(26)21-7-4-9-25-17(3)5-8-22-25/h5-6,8,10-13H,4,7,9,14H2,1-3H3,(H,21,26). The molecule has 3 aromatic rings. The van der Waals surface area contributed by atoms with Crippen molar-refractivity contribution in [2.75, 3.05) is 6.54 Å². The van der Waals surface area contributed by atoms with Gasteiger partial charge in [-0.25, -0.2) is 4.68 Å². The molecule has 0 radical (unpaired) electrons. The summed E-state index contributed by atoms with van der Waals surface area (Å²) in [4.78, 5) is 12.2. The van der Waals surface area contributed by atoms with Gasteiger partial charge in [-0.1, -0.05) is 6.07 Å². The lowest BCUT2D eigenvalue weighted by atomic mass is 10.1. The molecular formula is C20H25N5O2. The summed E-state index contributed by atoms with van der Waals surface area (Å²) in [5.74, 6) is 0.611. The van der Waals surface area contributed by atoms with E-state index in [0.29, 0.717) is 12.2 Å². The maximum Gasteiger partial charge on any atom is 0.271 e. The molecule has 1 aromatic carbocycles. The van der Waals surface area contributed by atoms with Crippen molar-refractivity contribution in [1.29, 1.82) is 0 Å². The molecule has 0 saturated carbocycles. The highest BCUT2D eigenvalue weighted by Crippen LogP contribution is 2.16. The fraction of sp³-hybridized carbons (Fsp3) is 0.350. The third kappa shape index (κ3) is 5.20. The number of hydrogen-bond acceptors (Lipinski definition) is 4. The summed E-state index contributed by atoms with van der Waals surface area (Å²) in [6.45, 7) is 7.68. The molecule has 27 heavy (non-hydrogen) atoms. The van der Waals surface area contributed by atoms with Crippen LogP contribution in [0.2, 0.25) is 0 Å². The van der Waals surface area contributed by atoms with Crippen molar-refractivity contribution < 1.29 is 9.53 Å². The molecular weight excluding hydrogens is 342 g/mol. The van der Waals surface area contributed by atoms with Crippen LogP contribution >= 0.6 is 0 Å². The van der Waals surface area contributed by atoms with Gasteiger partial charge in [-0.3, -0.25) is 9.48 Å². The van der Waals surface area contributed by atoms with Crippen molar-refractivity contribution in [3.63, 3.8) is 0 Å². The molecule has 3 rings (SSSR count). The Hall–Kier alpha value is -3.09. The number of rotatable bonds is 8. The van der Waals surface area contributed by atoms with Gasteiger partial charge in [0.05, 0.1) is 0 Å². The van der Waals surface area contributed by atoms with Crippen LogP contribution in [0.25, 0.3) is 0 Å². The predicted molar refractivity (Wildman–Crippen MR) is 103 cm³/mol. The Kier molecular flexibility index (Phi) is 5.90. The molecule has 7 nitrogen and oxygen atoms in total. The highest BCUT2D eigenvalue weighted by atomic mass is 16.5. The Morgan fingerprint density at radius 1 is 1.15 bits per heavy atom. The third-order valence-electron chi connectivity index (χ3n) is 4.19. The van der Waals surface area contributed by atoms with Crippen LogP contribution in [0.5, 0.6) is 5.75 Å². The van der Waals surface area contributed by atoms with Crippen molar-refractivity contribution in [3.8, 4) is 5.75 Å². The van der Waals surface area contributed by atoms with Crippen LogP contribution < -0.4 is 10.1 Å². The number of aryl methyl sites for hydroxylation is 4. The molecule has 1 amide bonds. The molecule has 0 saturated heterocycles. The minimum absolute atomic E-state index is 0.183. The van der Waals surface area contributed by atoms with E-state index in [-0.39, 0.29) is 12.6 Å². The smallest absolute Gasteiger partial charge is 0.271 e. The van der Waals surface area contributed by atoms with Gasteiger partial charge in [-0.2, -0.15) is 10.2 Å². The molecule has 7 heteroatoms. The first-order valence-electron chi connectivity index (χ1n) is 9.02. The number of ether oxygens (including phenoxy) is 1. The number of aromatic nitrogens is 4. The third-order valence-corrected chi connectivity index (χ3v) is 4.19. The van der Waals surface area contributed by atoms with Gasteiger partial charge in [0.2, 0.25) is 0 Å². The average Bonchev–Trinajstić information content (AvgIpc) is 3.25. The molecule has 1 N–H and O–H groups in total. The first-order valence-corrected chi connectivity index (χ1v) is 9.02. The van der Waals surface area contributed by atoms with Crippen LogP contribution in [0.1, 0.15) is 33.7 Å². The maximum atomic E-state index is 12.2. The second-order valence-corrected chi connectivity index (χ2v) is 6.64. The van der Waals surface area contributed by atoms with Crippen molar-refractivity contribution >= 4 is 5.91 Å². The molecule has 0 bridgehead atoms. The molecule has 2 aromatic heterocycles. The molecule has 0 spiro atoms. The second-order valence-electron chi connectivity index (χ2n) is 6.64. The van der Waals surface area contributed by atoms with E-state index in [0.717, 1.165) is 35.5 Å². The van der Waals surface area contributed by atoms with Crippen LogP contribution in [0.3, 0.4) is 0 Å². The molecule has 0 atom stereocenters. The van der Waals surface area contributed by atoms with Gasteiger partial charge in [0.1, 0.15) is 11.4 Å². The number of carbonyl (C=O) groups is 1. The van der Waals surface area contributed by atoms with Crippen LogP contribution in [0.15, 0.2) is 42.7 Å². The van der Waals surface area contributed by atoms with E-state index >= 15 is 0 Å². The van der Waals surface area contributed by atoms with Gasteiger partial charge in [0, 0.05) is 31.2 Å². The van der Waals surface area contributed by atoms with Gasteiger partial charge < -0.3 is 10.1 Å². The Bertz CT molecular complexity index is 892. The van der Waals surface area contributed by atoms with Crippen molar-refractivity contribution in [2.24, 2.45) is 0 Å². The number of nitrogens with zero attached hydrogens (tertiary/aromatic N) is 4. The fourth-order valence-corrected chi connectivity index (χ4v) is 2.87. The molecule has 0 unspecified atom stereocenters. The zero-order chi connectivity index (χ0) is 19.2. The maximum absolute atomic E-state index is 12.2. The molecule has 142 valence electrons. The number of nitrogens with one attached hydrogen (secondary N) is 1. The molecule has 0 aliphatic carbocycles. The Morgan fingerprint density at radius 2 is 1.93 bits per heavy atom. The number of amides is 1. The average molecular weight is 367 g/mol. The van der Waals surface area contributed by atoms with E-state index < -0.39 is 0 Å². The van der Waals surface area contributed by atoms with Gasteiger partial charge in [-0.15, -0.1) is 0 Å². The van der Waals surface area contributed by atoms with Crippen LogP contribution in [0, 0.1) is 20.8 Å². The first-order chi connectivity index (χ1) is 13.0. The zero-order valence-electron chi connectivity index (χ0n) is 16.0. The fourth-order valence-electron chi connectivity index (χ4n) is 2.87. The normalized spacial score (nSPS) is 10.8. The summed E-state index contributed by atoms with van der Waals surface area (Å²) in [6.07, 6.45) is 4.33. The Balaban J connectivity index is 1.45. The summed E-state index contributed by atoms with van der Waals surface area (Å²) >= 11 is 0. The van der Waals surface area contributed by atoms with Crippen molar-refractivity contribution in [2.45, 2.75) is 40.5 Å². The number of hydrogen-bond donors (Lipinski definition) is 1. The van der Waals surface area contributed by atoms with Gasteiger partial charge in [0.15, 0.2) is 6.73 Å². The van der Waals surface area contributed by atoms with Gasteiger partial charge in [-0.05, 0) is 62.6 Å². The SMILES string of the molecule is Cc1cc(C)cc(OCn2ccc(C(=O)NCCCn3nccc3C)n2)c1. The second kappa shape index (κ2) is 8.53. The largest absolute Gasteiger partial charge is 0.471 e.